The predicted molar refractivity (Wildman–Crippen MR) is 90.6 cm³/mol. The average molecular weight is 292 g/mol. The average Bonchev–Trinajstić information content (AvgIpc) is 2.58. The van der Waals surface area contributed by atoms with Gasteiger partial charge in [-0.2, -0.15) is 0 Å². The van der Waals surface area contributed by atoms with E-state index in [1.165, 1.54) is 19.3 Å². The number of carbonyl (C=O) groups is 1. The van der Waals surface area contributed by atoms with E-state index < -0.39 is 0 Å². The molecular formula is C18H32N2O. The molecule has 0 aromatic heterocycles. The van der Waals surface area contributed by atoms with Crippen molar-refractivity contribution < 1.29 is 4.79 Å². The molecule has 0 saturated carbocycles. The first-order valence-electron chi connectivity index (χ1n) is 8.21. The zero-order valence-corrected chi connectivity index (χ0v) is 14.9. The van der Waals surface area contributed by atoms with Crippen molar-refractivity contribution in [3.05, 3.63) is 11.6 Å². The third-order valence-corrected chi connectivity index (χ3v) is 3.43. The number of rotatable bonds is 5. The molecule has 3 nitrogen and oxygen atoms in total. The SMILES string of the molecule is CCCCCCC1=CC(=NC(C)(C)C)N(C(C)(C)C)C1=O. The Morgan fingerprint density at radius 3 is 2.14 bits per heavy atom. The van der Waals surface area contributed by atoms with Crippen LogP contribution in [0.15, 0.2) is 16.6 Å². The van der Waals surface area contributed by atoms with Gasteiger partial charge in [0, 0.05) is 11.1 Å². The van der Waals surface area contributed by atoms with Crippen molar-refractivity contribution in [2.75, 3.05) is 0 Å². The summed E-state index contributed by atoms with van der Waals surface area (Å²) < 4.78 is 0. The lowest BCUT2D eigenvalue weighted by molar-refractivity contribution is -0.126. The number of aliphatic imine (C=N–C) groups is 1. The molecule has 0 aromatic carbocycles. The molecule has 120 valence electrons. The molecule has 0 spiro atoms. The van der Waals surface area contributed by atoms with Crippen molar-refractivity contribution in [3.8, 4) is 0 Å². The van der Waals surface area contributed by atoms with Crippen molar-refractivity contribution in [2.24, 2.45) is 4.99 Å². The Morgan fingerprint density at radius 2 is 1.67 bits per heavy atom. The maximum Gasteiger partial charge on any atom is 0.255 e. The summed E-state index contributed by atoms with van der Waals surface area (Å²) >= 11 is 0. The van der Waals surface area contributed by atoms with E-state index in [0.29, 0.717) is 0 Å². The molecule has 0 unspecified atom stereocenters. The lowest BCUT2D eigenvalue weighted by Gasteiger charge is -2.33. The number of unbranched alkanes of at least 4 members (excludes halogenated alkanes) is 3. The Labute approximate surface area is 130 Å². The van der Waals surface area contributed by atoms with Gasteiger partial charge in [-0.3, -0.25) is 14.7 Å². The molecule has 0 aliphatic carbocycles. The van der Waals surface area contributed by atoms with Gasteiger partial charge in [0.05, 0.1) is 5.54 Å². The second-order valence-corrected chi connectivity index (χ2v) is 7.93. The van der Waals surface area contributed by atoms with Crippen molar-refractivity contribution in [2.45, 2.75) is 91.6 Å². The van der Waals surface area contributed by atoms with Crippen LogP contribution in [0.1, 0.15) is 80.6 Å². The highest BCUT2D eigenvalue weighted by Crippen LogP contribution is 2.28. The topological polar surface area (TPSA) is 32.7 Å². The first-order chi connectivity index (χ1) is 9.56. The minimum absolute atomic E-state index is 0.141. The van der Waals surface area contributed by atoms with Gasteiger partial charge in [0.1, 0.15) is 5.84 Å². The van der Waals surface area contributed by atoms with Gasteiger partial charge < -0.3 is 0 Å². The molecule has 0 N–H and O–H groups in total. The molecular weight excluding hydrogens is 260 g/mol. The Kier molecular flexibility index (Phi) is 5.77. The van der Waals surface area contributed by atoms with Gasteiger partial charge in [-0.15, -0.1) is 0 Å². The summed E-state index contributed by atoms with van der Waals surface area (Å²) in [5, 5.41) is 0. The van der Waals surface area contributed by atoms with Gasteiger partial charge in [0.15, 0.2) is 0 Å². The van der Waals surface area contributed by atoms with E-state index in [9.17, 15) is 4.79 Å². The van der Waals surface area contributed by atoms with Crippen LogP contribution in [-0.4, -0.2) is 27.7 Å². The fourth-order valence-corrected chi connectivity index (χ4v) is 2.53. The normalized spacial score (nSPS) is 18.6. The fourth-order valence-electron chi connectivity index (χ4n) is 2.53. The summed E-state index contributed by atoms with van der Waals surface area (Å²) in [5.74, 6) is 0.965. The van der Waals surface area contributed by atoms with Gasteiger partial charge in [-0.1, -0.05) is 26.2 Å². The number of hydrogen-bond donors (Lipinski definition) is 0. The lowest BCUT2D eigenvalue weighted by Crippen LogP contribution is -2.46. The molecule has 0 saturated heterocycles. The Morgan fingerprint density at radius 1 is 1.05 bits per heavy atom. The molecule has 1 aliphatic rings. The molecule has 0 aromatic rings. The van der Waals surface area contributed by atoms with E-state index in [0.717, 1.165) is 24.3 Å². The van der Waals surface area contributed by atoms with Crippen LogP contribution < -0.4 is 0 Å². The Bertz CT molecular complexity index is 433. The number of amides is 1. The van der Waals surface area contributed by atoms with Gasteiger partial charge in [0.2, 0.25) is 0 Å². The number of carbonyl (C=O) groups excluding carboxylic acids is 1. The van der Waals surface area contributed by atoms with Crippen LogP contribution >= 0.6 is 0 Å². The third kappa shape index (κ3) is 5.29. The summed E-state index contributed by atoms with van der Waals surface area (Å²) in [7, 11) is 0. The standard InChI is InChI=1S/C18H32N2O/c1-8-9-10-11-12-14-13-15(19-17(2,3)4)20(16(14)21)18(5,6)7/h13H,8-12H2,1-7H3. The van der Waals surface area contributed by atoms with E-state index in [4.69, 9.17) is 4.99 Å². The van der Waals surface area contributed by atoms with E-state index in [-0.39, 0.29) is 17.0 Å². The van der Waals surface area contributed by atoms with Crippen LogP contribution in [0, 0.1) is 0 Å². The van der Waals surface area contributed by atoms with Gasteiger partial charge in [-0.25, -0.2) is 0 Å². The number of nitrogens with zero attached hydrogens (tertiary/aromatic N) is 2. The molecule has 0 radical (unpaired) electrons. The lowest BCUT2D eigenvalue weighted by atomic mass is 10.0. The molecule has 0 bridgehead atoms. The van der Waals surface area contributed by atoms with Crippen LogP contribution in [0.3, 0.4) is 0 Å². The fraction of sp³-hybridized carbons (Fsp3) is 0.778. The summed E-state index contributed by atoms with van der Waals surface area (Å²) in [4.78, 5) is 19.3. The maximum absolute atomic E-state index is 12.7. The van der Waals surface area contributed by atoms with Gasteiger partial charge in [0.25, 0.3) is 5.91 Å². The summed E-state index contributed by atoms with van der Waals surface area (Å²) in [6.07, 6.45) is 7.62. The van der Waals surface area contributed by atoms with Crippen LogP contribution in [0.25, 0.3) is 0 Å². The molecule has 21 heavy (non-hydrogen) atoms. The molecule has 1 heterocycles. The first kappa shape index (κ1) is 17.9. The van der Waals surface area contributed by atoms with Crippen LogP contribution in [0.4, 0.5) is 0 Å². The van der Waals surface area contributed by atoms with E-state index in [1.807, 2.05) is 11.0 Å². The van der Waals surface area contributed by atoms with Crippen LogP contribution in [0.5, 0.6) is 0 Å². The van der Waals surface area contributed by atoms with Crippen LogP contribution in [0.2, 0.25) is 0 Å². The van der Waals surface area contributed by atoms with Crippen molar-refractivity contribution >= 4 is 11.7 Å². The zero-order chi connectivity index (χ0) is 16.3. The van der Waals surface area contributed by atoms with E-state index in [2.05, 4.69) is 48.5 Å². The maximum atomic E-state index is 12.7. The highest BCUT2D eigenvalue weighted by molar-refractivity contribution is 6.18. The molecule has 0 fully saturated rings. The number of hydrogen-bond acceptors (Lipinski definition) is 2. The van der Waals surface area contributed by atoms with Crippen molar-refractivity contribution in [1.29, 1.82) is 0 Å². The van der Waals surface area contributed by atoms with Crippen LogP contribution in [-0.2, 0) is 4.79 Å². The molecule has 3 heteroatoms. The van der Waals surface area contributed by atoms with E-state index >= 15 is 0 Å². The minimum atomic E-state index is -0.233. The van der Waals surface area contributed by atoms with Crippen molar-refractivity contribution in [3.63, 3.8) is 0 Å². The van der Waals surface area contributed by atoms with Crippen molar-refractivity contribution in [1.82, 2.24) is 4.90 Å². The summed E-state index contributed by atoms with van der Waals surface area (Å²) in [6, 6.07) is 0. The number of amidine groups is 1. The minimum Gasteiger partial charge on any atom is -0.288 e. The third-order valence-electron chi connectivity index (χ3n) is 3.43. The predicted octanol–water partition coefficient (Wildman–Crippen LogP) is 4.72. The summed E-state index contributed by atoms with van der Waals surface area (Å²) in [6.45, 7) is 14.6. The second-order valence-electron chi connectivity index (χ2n) is 7.93. The highest BCUT2D eigenvalue weighted by atomic mass is 16.2. The van der Waals surface area contributed by atoms with E-state index in [1.54, 1.807) is 0 Å². The van der Waals surface area contributed by atoms with Gasteiger partial charge >= 0.3 is 0 Å². The quantitative estimate of drug-likeness (QED) is 0.675. The highest BCUT2D eigenvalue weighted by Gasteiger charge is 2.37. The van der Waals surface area contributed by atoms with Gasteiger partial charge in [-0.05, 0) is 60.5 Å². The Balaban J connectivity index is 2.94. The molecule has 0 atom stereocenters. The monoisotopic (exact) mass is 292 g/mol. The summed E-state index contributed by atoms with van der Waals surface area (Å²) in [5.41, 5.74) is 0.514. The largest absolute Gasteiger partial charge is 0.288 e. The molecule has 1 amide bonds. The smallest absolute Gasteiger partial charge is 0.255 e. The first-order valence-corrected chi connectivity index (χ1v) is 8.21. The molecule has 1 rings (SSSR count). The Hall–Kier alpha value is -1.12. The zero-order valence-electron chi connectivity index (χ0n) is 14.9. The molecule has 1 aliphatic heterocycles. The second kappa shape index (κ2) is 6.76.